The van der Waals surface area contributed by atoms with Crippen molar-refractivity contribution in [3.63, 3.8) is 0 Å². The van der Waals surface area contributed by atoms with Gasteiger partial charge in [0.1, 0.15) is 0 Å². The molecule has 0 fully saturated rings. The van der Waals surface area contributed by atoms with E-state index in [9.17, 15) is 9.59 Å². The van der Waals surface area contributed by atoms with Crippen molar-refractivity contribution in [1.29, 1.82) is 0 Å². The number of carbonyl (C=O) groups excluding carboxylic acids is 2. The highest BCUT2D eigenvalue weighted by Gasteiger charge is 2.34. The maximum atomic E-state index is 13.0. The van der Waals surface area contributed by atoms with Crippen LogP contribution in [0.4, 0.5) is 5.69 Å². The van der Waals surface area contributed by atoms with Crippen LogP contribution in [0.25, 0.3) is 0 Å². The number of hydrogen-bond acceptors (Lipinski definition) is 4. The van der Waals surface area contributed by atoms with Crippen molar-refractivity contribution in [1.82, 2.24) is 10.2 Å². The smallest absolute Gasteiger partial charge is 0.338 e. The third-order valence-electron chi connectivity index (χ3n) is 5.47. The zero-order chi connectivity index (χ0) is 24.9. The second-order valence-electron chi connectivity index (χ2n) is 10.3. The van der Waals surface area contributed by atoms with E-state index in [4.69, 9.17) is 17.0 Å². The molecule has 1 aliphatic heterocycles. The molecule has 0 bridgehead atoms. The van der Waals surface area contributed by atoms with Crippen molar-refractivity contribution in [2.45, 2.75) is 80.4 Å². The van der Waals surface area contributed by atoms with E-state index in [1.54, 1.807) is 0 Å². The highest BCUT2D eigenvalue weighted by Crippen LogP contribution is 2.33. The standard InChI is InChI=1S/C26H39N3O3S/c1-9-29-18(5)22(24(31)32-16(2)3)23(28-25(29)33)19-11-10-12-20(14-19)27-21(30)13-17(4)15-26(6,7)8/h10-12,14,16-17,23H,9,13,15H2,1-8H3,(H,27,30)(H,28,33)/t17-,23-/m1/s1. The molecule has 0 radical (unpaired) electrons. The van der Waals surface area contributed by atoms with Gasteiger partial charge in [0, 0.05) is 24.4 Å². The second-order valence-corrected chi connectivity index (χ2v) is 10.7. The van der Waals surface area contributed by atoms with Crippen molar-refractivity contribution in [3.8, 4) is 0 Å². The van der Waals surface area contributed by atoms with Gasteiger partial charge in [0.05, 0.1) is 17.7 Å². The largest absolute Gasteiger partial charge is 0.459 e. The summed E-state index contributed by atoms with van der Waals surface area (Å²) >= 11 is 5.56. The maximum absolute atomic E-state index is 13.0. The number of ether oxygens (including phenoxy) is 1. The Bertz CT molecular complexity index is 918. The van der Waals surface area contributed by atoms with E-state index in [1.807, 2.05) is 56.9 Å². The molecule has 1 aromatic carbocycles. The lowest BCUT2D eigenvalue weighted by molar-refractivity contribution is -0.143. The zero-order valence-electron chi connectivity index (χ0n) is 21.2. The Morgan fingerprint density at radius 2 is 1.91 bits per heavy atom. The molecule has 2 atom stereocenters. The molecule has 0 unspecified atom stereocenters. The first kappa shape index (κ1) is 26.8. The quantitative estimate of drug-likeness (QED) is 0.380. The number of hydrogen-bond donors (Lipinski definition) is 2. The van der Waals surface area contributed by atoms with Crippen molar-refractivity contribution in [2.75, 3.05) is 11.9 Å². The lowest BCUT2D eigenvalue weighted by Crippen LogP contribution is -2.47. The van der Waals surface area contributed by atoms with E-state index in [0.717, 1.165) is 17.7 Å². The number of carbonyl (C=O) groups is 2. The average Bonchev–Trinajstić information content (AvgIpc) is 2.65. The molecule has 0 aromatic heterocycles. The molecule has 0 saturated heterocycles. The molecule has 0 spiro atoms. The first-order valence-corrected chi connectivity index (χ1v) is 12.1. The predicted octanol–water partition coefficient (Wildman–Crippen LogP) is 5.56. The van der Waals surface area contributed by atoms with Crippen molar-refractivity contribution >= 4 is 34.9 Å². The molecule has 182 valence electrons. The molecule has 1 aliphatic rings. The van der Waals surface area contributed by atoms with Crippen LogP contribution in [-0.4, -0.2) is 34.5 Å². The van der Waals surface area contributed by atoms with Crippen LogP contribution in [0.2, 0.25) is 0 Å². The van der Waals surface area contributed by atoms with E-state index in [1.165, 1.54) is 0 Å². The average molecular weight is 474 g/mol. The summed E-state index contributed by atoms with van der Waals surface area (Å²) in [4.78, 5) is 27.5. The molecule has 1 heterocycles. The lowest BCUT2D eigenvalue weighted by atomic mass is 9.84. The first-order valence-electron chi connectivity index (χ1n) is 11.7. The number of benzene rings is 1. The molecule has 33 heavy (non-hydrogen) atoms. The molecule has 2 rings (SSSR count). The molecule has 0 saturated carbocycles. The van der Waals surface area contributed by atoms with Crippen LogP contribution >= 0.6 is 12.2 Å². The monoisotopic (exact) mass is 473 g/mol. The minimum Gasteiger partial charge on any atom is -0.459 e. The van der Waals surface area contributed by atoms with Crippen LogP contribution in [-0.2, 0) is 14.3 Å². The Labute approximate surface area is 204 Å². The van der Waals surface area contributed by atoms with E-state index >= 15 is 0 Å². The minimum absolute atomic E-state index is 0.0145. The number of nitrogens with one attached hydrogen (secondary N) is 2. The van der Waals surface area contributed by atoms with Gasteiger partial charge in [-0.3, -0.25) is 4.79 Å². The number of esters is 1. The van der Waals surface area contributed by atoms with Crippen LogP contribution in [0.1, 0.15) is 79.8 Å². The fourth-order valence-electron chi connectivity index (χ4n) is 4.40. The molecule has 2 N–H and O–H groups in total. The summed E-state index contributed by atoms with van der Waals surface area (Å²) in [6.45, 7) is 16.8. The third-order valence-corrected chi connectivity index (χ3v) is 5.81. The normalized spacial score (nSPS) is 17.7. The second kappa shape index (κ2) is 11.1. The van der Waals surface area contributed by atoms with Gasteiger partial charge < -0.3 is 20.3 Å². The van der Waals surface area contributed by atoms with E-state index in [2.05, 4.69) is 38.3 Å². The number of allylic oxidation sites excluding steroid dienone is 1. The van der Waals surface area contributed by atoms with E-state index in [0.29, 0.717) is 29.3 Å². The minimum atomic E-state index is -0.455. The molecular weight excluding hydrogens is 434 g/mol. The van der Waals surface area contributed by atoms with E-state index in [-0.39, 0.29) is 29.3 Å². The Morgan fingerprint density at radius 1 is 1.24 bits per heavy atom. The summed E-state index contributed by atoms with van der Waals surface area (Å²) in [5.41, 5.74) is 3.02. The third kappa shape index (κ3) is 7.56. The van der Waals surface area contributed by atoms with E-state index < -0.39 is 6.04 Å². The molecule has 1 aromatic rings. The van der Waals surface area contributed by atoms with Gasteiger partial charge in [-0.2, -0.15) is 0 Å². The van der Waals surface area contributed by atoms with Gasteiger partial charge in [0.2, 0.25) is 5.91 Å². The fourth-order valence-corrected chi connectivity index (χ4v) is 4.78. The predicted molar refractivity (Wildman–Crippen MR) is 138 cm³/mol. The van der Waals surface area contributed by atoms with Crippen LogP contribution in [0, 0.1) is 11.3 Å². The number of amides is 1. The summed E-state index contributed by atoms with van der Waals surface area (Å²) in [5.74, 6) is -0.0978. The summed E-state index contributed by atoms with van der Waals surface area (Å²) in [7, 11) is 0. The topological polar surface area (TPSA) is 70.7 Å². The number of nitrogens with zero attached hydrogens (tertiary/aromatic N) is 1. The summed E-state index contributed by atoms with van der Waals surface area (Å²) < 4.78 is 5.54. The lowest BCUT2D eigenvalue weighted by Gasteiger charge is -2.37. The molecule has 1 amide bonds. The van der Waals surface area contributed by atoms with Gasteiger partial charge in [-0.25, -0.2) is 4.79 Å². The summed E-state index contributed by atoms with van der Waals surface area (Å²) in [5, 5.41) is 6.87. The number of thiocarbonyl (C=S) groups is 1. The fraction of sp³-hybridized carbons (Fsp3) is 0.577. The number of rotatable bonds is 8. The Hall–Kier alpha value is -2.41. The first-order chi connectivity index (χ1) is 15.3. The zero-order valence-corrected chi connectivity index (χ0v) is 22.1. The van der Waals surface area contributed by atoms with Gasteiger partial charge in [0.15, 0.2) is 5.11 Å². The molecule has 7 heteroatoms. The molecule has 0 aliphatic carbocycles. The molecule has 6 nitrogen and oxygen atoms in total. The highest BCUT2D eigenvalue weighted by atomic mass is 32.1. The van der Waals surface area contributed by atoms with Gasteiger partial charge in [-0.05, 0) is 75.4 Å². The van der Waals surface area contributed by atoms with Gasteiger partial charge in [-0.15, -0.1) is 0 Å². The summed E-state index contributed by atoms with van der Waals surface area (Å²) in [6, 6.07) is 7.10. The van der Waals surface area contributed by atoms with Gasteiger partial charge in [-0.1, -0.05) is 39.8 Å². The van der Waals surface area contributed by atoms with Crippen LogP contribution in [0.15, 0.2) is 35.5 Å². The Kier molecular flexibility index (Phi) is 9.06. The van der Waals surface area contributed by atoms with Crippen molar-refractivity contribution in [2.24, 2.45) is 11.3 Å². The van der Waals surface area contributed by atoms with Crippen LogP contribution < -0.4 is 10.6 Å². The SMILES string of the molecule is CCN1C(=S)N[C@H](c2cccc(NC(=O)C[C@@H](C)CC(C)(C)C)c2)C(C(=O)OC(C)C)=C1C. The number of anilines is 1. The van der Waals surface area contributed by atoms with Crippen molar-refractivity contribution in [3.05, 3.63) is 41.1 Å². The molecular formula is C26H39N3O3S. The maximum Gasteiger partial charge on any atom is 0.338 e. The van der Waals surface area contributed by atoms with Crippen LogP contribution in [0.5, 0.6) is 0 Å². The Balaban J connectivity index is 2.29. The van der Waals surface area contributed by atoms with Gasteiger partial charge >= 0.3 is 5.97 Å². The highest BCUT2D eigenvalue weighted by molar-refractivity contribution is 7.80. The summed E-state index contributed by atoms with van der Waals surface area (Å²) in [6.07, 6.45) is 1.20. The van der Waals surface area contributed by atoms with Gasteiger partial charge in [0.25, 0.3) is 0 Å². The van der Waals surface area contributed by atoms with Crippen molar-refractivity contribution < 1.29 is 14.3 Å². The van der Waals surface area contributed by atoms with Crippen LogP contribution in [0.3, 0.4) is 0 Å². The Morgan fingerprint density at radius 3 is 2.48 bits per heavy atom.